The molecule has 0 spiro atoms. The molecule has 7 heteroatoms. The second-order valence-electron chi connectivity index (χ2n) is 7.09. The summed E-state index contributed by atoms with van der Waals surface area (Å²) in [6.07, 6.45) is 2.77. The number of fused-ring (bicyclic) bond motifs is 1. The number of carbonyl (C=O) groups is 1. The minimum absolute atomic E-state index is 0.217. The van der Waals surface area contributed by atoms with Crippen LogP contribution >= 0.6 is 0 Å². The number of carbonyl (C=O) groups excluding carboxylic acids is 1. The van der Waals surface area contributed by atoms with Gasteiger partial charge in [-0.1, -0.05) is 48.5 Å². The molecule has 1 amide bonds. The van der Waals surface area contributed by atoms with E-state index in [-0.39, 0.29) is 37.0 Å². The molecule has 0 atom stereocenters. The summed E-state index contributed by atoms with van der Waals surface area (Å²) in [6.45, 7) is 1.00. The van der Waals surface area contributed by atoms with Crippen LogP contribution in [0.25, 0.3) is 16.8 Å². The monoisotopic (exact) mass is 424 g/mol. The maximum absolute atomic E-state index is 13.7. The van der Waals surface area contributed by atoms with Crippen LogP contribution in [0.4, 0.5) is 4.39 Å². The van der Waals surface area contributed by atoms with E-state index in [1.54, 1.807) is 41.3 Å². The Hall–Kier alpha value is -3.03. The lowest BCUT2D eigenvalue weighted by atomic mass is 10.1. The van der Waals surface area contributed by atoms with Crippen LogP contribution in [0.2, 0.25) is 0 Å². The predicted octanol–water partition coefficient (Wildman–Crippen LogP) is 3.53. The maximum atomic E-state index is 13.7. The molecular weight excluding hydrogens is 403 g/mol. The van der Waals surface area contributed by atoms with Gasteiger partial charge in [-0.15, -0.1) is 0 Å². The van der Waals surface area contributed by atoms with Crippen molar-refractivity contribution in [1.29, 1.82) is 0 Å². The molecule has 4 rings (SSSR count). The summed E-state index contributed by atoms with van der Waals surface area (Å²) in [5, 5.41) is 1.85. The van der Waals surface area contributed by atoms with Gasteiger partial charge in [-0.3, -0.25) is 4.79 Å². The fourth-order valence-corrected chi connectivity index (χ4v) is 4.96. The summed E-state index contributed by atoms with van der Waals surface area (Å²) in [7, 11) is -3.64. The molecule has 0 N–H and O–H groups in total. The van der Waals surface area contributed by atoms with Gasteiger partial charge >= 0.3 is 0 Å². The van der Waals surface area contributed by atoms with E-state index < -0.39 is 15.8 Å². The van der Waals surface area contributed by atoms with E-state index in [2.05, 4.69) is 0 Å². The lowest BCUT2D eigenvalue weighted by Gasteiger charge is -2.33. The van der Waals surface area contributed by atoms with Gasteiger partial charge in [0.15, 0.2) is 0 Å². The molecule has 1 heterocycles. The predicted molar refractivity (Wildman–Crippen MR) is 115 cm³/mol. The van der Waals surface area contributed by atoms with Crippen molar-refractivity contribution >= 4 is 32.8 Å². The first kappa shape index (κ1) is 20.3. The molecule has 1 aliphatic heterocycles. The largest absolute Gasteiger partial charge is 0.337 e. The molecule has 0 aliphatic carbocycles. The van der Waals surface area contributed by atoms with Crippen molar-refractivity contribution < 1.29 is 17.6 Å². The molecule has 1 saturated heterocycles. The van der Waals surface area contributed by atoms with E-state index in [1.165, 1.54) is 22.5 Å². The van der Waals surface area contributed by atoms with Gasteiger partial charge < -0.3 is 4.90 Å². The van der Waals surface area contributed by atoms with Crippen LogP contribution in [0.5, 0.6) is 0 Å². The van der Waals surface area contributed by atoms with Crippen LogP contribution in [-0.4, -0.2) is 49.7 Å². The molecule has 0 radical (unpaired) electrons. The van der Waals surface area contributed by atoms with Gasteiger partial charge in [0.25, 0.3) is 0 Å². The maximum Gasteiger partial charge on any atom is 0.246 e. The van der Waals surface area contributed by atoms with E-state index in [4.69, 9.17) is 0 Å². The highest BCUT2D eigenvalue weighted by atomic mass is 32.2. The van der Waals surface area contributed by atoms with Crippen molar-refractivity contribution in [1.82, 2.24) is 9.21 Å². The summed E-state index contributed by atoms with van der Waals surface area (Å²) >= 11 is 0. The summed E-state index contributed by atoms with van der Waals surface area (Å²) in [6, 6.07) is 18.9. The molecule has 0 bridgehead atoms. The normalized spacial score (nSPS) is 15.7. The number of halogens is 1. The topological polar surface area (TPSA) is 57.7 Å². The third-order valence-corrected chi connectivity index (χ3v) is 7.11. The van der Waals surface area contributed by atoms with Crippen LogP contribution in [0, 0.1) is 5.82 Å². The van der Waals surface area contributed by atoms with Crippen molar-refractivity contribution in [3.63, 3.8) is 0 Å². The Labute approximate surface area is 175 Å². The summed E-state index contributed by atoms with van der Waals surface area (Å²) in [4.78, 5) is 14.2. The number of benzene rings is 3. The van der Waals surface area contributed by atoms with Crippen molar-refractivity contribution in [2.24, 2.45) is 0 Å². The molecule has 3 aromatic carbocycles. The quantitative estimate of drug-likeness (QED) is 0.602. The van der Waals surface area contributed by atoms with Crippen LogP contribution in [0.3, 0.4) is 0 Å². The number of rotatable bonds is 4. The minimum Gasteiger partial charge on any atom is -0.337 e. The van der Waals surface area contributed by atoms with Crippen LogP contribution in [-0.2, 0) is 14.8 Å². The third-order valence-electron chi connectivity index (χ3n) is 5.22. The molecule has 1 aliphatic rings. The summed E-state index contributed by atoms with van der Waals surface area (Å²) in [5.41, 5.74) is 0.336. The Kier molecular flexibility index (Phi) is 5.65. The van der Waals surface area contributed by atoms with Crippen LogP contribution in [0.1, 0.15) is 5.56 Å². The lowest BCUT2D eigenvalue weighted by Crippen LogP contribution is -2.50. The first-order valence-electron chi connectivity index (χ1n) is 9.66. The number of hydrogen-bond donors (Lipinski definition) is 0. The Morgan fingerprint density at radius 1 is 0.867 bits per heavy atom. The summed E-state index contributed by atoms with van der Waals surface area (Å²) in [5.74, 6) is -0.658. The third kappa shape index (κ3) is 4.13. The molecular formula is C23H21FN2O3S. The zero-order chi connectivity index (χ0) is 21.1. The van der Waals surface area contributed by atoms with Gasteiger partial charge in [-0.05, 0) is 35.0 Å². The van der Waals surface area contributed by atoms with Crippen molar-refractivity contribution in [3.8, 4) is 0 Å². The van der Waals surface area contributed by atoms with Crippen molar-refractivity contribution in [2.75, 3.05) is 26.2 Å². The van der Waals surface area contributed by atoms with E-state index in [0.29, 0.717) is 5.56 Å². The van der Waals surface area contributed by atoms with Crippen LogP contribution < -0.4 is 0 Å². The number of nitrogens with zero attached hydrogens (tertiary/aromatic N) is 2. The highest BCUT2D eigenvalue weighted by Gasteiger charge is 2.29. The second-order valence-corrected chi connectivity index (χ2v) is 9.03. The Bertz CT molecular complexity index is 1220. The van der Waals surface area contributed by atoms with Crippen LogP contribution in [0.15, 0.2) is 77.7 Å². The number of hydrogen-bond acceptors (Lipinski definition) is 3. The summed E-state index contributed by atoms with van der Waals surface area (Å²) < 4.78 is 41.1. The molecule has 1 fully saturated rings. The Morgan fingerprint density at radius 3 is 2.27 bits per heavy atom. The first-order chi connectivity index (χ1) is 14.4. The number of sulfonamides is 1. The molecule has 30 heavy (non-hydrogen) atoms. The molecule has 3 aromatic rings. The lowest BCUT2D eigenvalue weighted by molar-refractivity contribution is -0.127. The molecule has 5 nitrogen and oxygen atoms in total. The minimum atomic E-state index is -3.64. The van der Waals surface area contributed by atoms with Gasteiger partial charge in [0.1, 0.15) is 5.82 Å². The molecule has 0 unspecified atom stereocenters. The van der Waals surface area contributed by atoms with E-state index in [9.17, 15) is 17.6 Å². The first-order valence-corrected chi connectivity index (χ1v) is 11.1. The standard InChI is InChI=1S/C23H21FN2O3S/c24-22-8-4-3-6-19(22)10-12-23(27)25-13-15-26(16-14-25)30(28,29)21-11-9-18-5-1-2-7-20(18)17-21/h1-12,17H,13-16H2/b12-10+. The zero-order valence-corrected chi connectivity index (χ0v) is 17.1. The van der Waals surface area contributed by atoms with Gasteiger partial charge in [0.2, 0.25) is 15.9 Å². The Morgan fingerprint density at radius 2 is 1.53 bits per heavy atom. The van der Waals surface area contributed by atoms with Crippen molar-refractivity contribution in [2.45, 2.75) is 4.90 Å². The number of piperazine rings is 1. The SMILES string of the molecule is O=C(/C=C/c1ccccc1F)N1CCN(S(=O)(=O)c2ccc3ccccc3c2)CC1. The van der Waals surface area contributed by atoms with E-state index >= 15 is 0 Å². The van der Waals surface area contributed by atoms with Crippen molar-refractivity contribution in [3.05, 3.63) is 84.2 Å². The zero-order valence-electron chi connectivity index (χ0n) is 16.2. The van der Waals surface area contributed by atoms with E-state index in [0.717, 1.165) is 10.8 Å². The van der Waals surface area contributed by atoms with Gasteiger partial charge in [-0.2, -0.15) is 4.31 Å². The highest BCUT2D eigenvalue weighted by Crippen LogP contribution is 2.23. The van der Waals surface area contributed by atoms with Gasteiger partial charge in [0, 0.05) is 37.8 Å². The molecule has 0 aromatic heterocycles. The highest BCUT2D eigenvalue weighted by molar-refractivity contribution is 7.89. The fraction of sp³-hybridized carbons (Fsp3) is 0.174. The second kappa shape index (κ2) is 8.38. The smallest absolute Gasteiger partial charge is 0.246 e. The van der Waals surface area contributed by atoms with E-state index in [1.807, 2.05) is 24.3 Å². The average Bonchev–Trinajstić information content (AvgIpc) is 2.78. The molecule has 0 saturated carbocycles. The average molecular weight is 424 g/mol. The van der Waals surface area contributed by atoms with Gasteiger partial charge in [0.05, 0.1) is 4.90 Å². The van der Waals surface area contributed by atoms with Gasteiger partial charge in [-0.25, -0.2) is 12.8 Å². The molecule has 154 valence electrons. The number of amides is 1. The Balaban J connectivity index is 1.43. The fourth-order valence-electron chi connectivity index (χ4n) is 3.50.